The van der Waals surface area contributed by atoms with Crippen LogP contribution in [-0.2, 0) is 0 Å². The number of aliphatic imine (C=N–C) groups is 1. The van der Waals surface area contributed by atoms with Gasteiger partial charge in [0.05, 0.1) is 17.8 Å². The lowest BCUT2D eigenvalue weighted by molar-refractivity contribution is 0.0697. The second-order valence-electron chi connectivity index (χ2n) is 3.81. The highest BCUT2D eigenvalue weighted by Gasteiger charge is 2.00. The first kappa shape index (κ1) is 12.5. The van der Waals surface area contributed by atoms with E-state index in [1.807, 2.05) is 12.1 Å². The molecule has 2 aromatic rings. The minimum absolute atomic E-state index is 0.236. The molecule has 2 rings (SSSR count). The Morgan fingerprint density at radius 1 is 1.11 bits per heavy atom. The second-order valence-corrected chi connectivity index (χ2v) is 3.81. The molecule has 0 saturated carbocycles. The van der Waals surface area contributed by atoms with Gasteiger partial charge in [-0.3, -0.25) is 4.99 Å². The fraction of sp³-hybridized carbons (Fsp3) is 0. The van der Waals surface area contributed by atoms with Crippen LogP contribution in [0.15, 0.2) is 53.5 Å². The van der Waals surface area contributed by atoms with Gasteiger partial charge in [-0.15, -0.1) is 0 Å². The maximum absolute atomic E-state index is 10.7. The standard InChI is InChI=1S/C15H10N2O2/c1-16-13-6-2-11(3-7-13)10-17-14-8-4-12(5-9-14)15(18)19/h2-10H,(H,18,19). The predicted octanol–water partition coefficient (Wildman–Crippen LogP) is 3.69. The number of hydrogen-bond acceptors (Lipinski definition) is 2. The maximum Gasteiger partial charge on any atom is 0.335 e. The number of carboxylic acid groups (broad SMARTS) is 1. The minimum atomic E-state index is -0.953. The van der Waals surface area contributed by atoms with Crippen molar-refractivity contribution in [3.63, 3.8) is 0 Å². The van der Waals surface area contributed by atoms with E-state index in [9.17, 15) is 4.79 Å². The molecule has 2 aromatic carbocycles. The molecule has 4 nitrogen and oxygen atoms in total. The summed E-state index contributed by atoms with van der Waals surface area (Å²) in [6.45, 7) is 6.85. The first-order valence-electron chi connectivity index (χ1n) is 5.54. The lowest BCUT2D eigenvalue weighted by atomic mass is 10.2. The average Bonchev–Trinajstić information content (AvgIpc) is 2.46. The molecule has 4 heteroatoms. The highest BCUT2D eigenvalue weighted by molar-refractivity contribution is 5.88. The van der Waals surface area contributed by atoms with Gasteiger partial charge < -0.3 is 5.11 Å². The van der Waals surface area contributed by atoms with Crippen molar-refractivity contribution in [2.75, 3.05) is 0 Å². The van der Waals surface area contributed by atoms with Crippen LogP contribution in [0.3, 0.4) is 0 Å². The van der Waals surface area contributed by atoms with Crippen molar-refractivity contribution >= 4 is 23.6 Å². The van der Waals surface area contributed by atoms with Crippen LogP contribution < -0.4 is 0 Å². The molecule has 0 aromatic heterocycles. The number of carbonyl (C=O) groups is 1. The van der Waals surface area contributed by atoms with Crippen molar-refractivity contribution in [2.24, 2.45) is 4.99 Å². The highest BCUT2D eigenvalue weighted by atomic mass is 16.4. The van der Waals surface area contributed by atoms with Crippen molar-refractivity contribution in [3.8, 4) is 0 Å². The summed E-state index contributed by atoms with van der Waals surface area (Å²) in [5.41, 5.74) is 2.39. The molecule has 19 heavy (non-hydrogen) atoms. The van der Waals surface area contributed by atoms with Gasteiger partial charge in [-0.05, 0) is 29.8 Å². The fourth-order valence-corrected chi connectivity index (χ4v) is 1.47. The van der Waals surface area contributed by atoms with E-state index in [1.165, 1.54) is 12.1 Å². The molecule has 0 aliphatic rings. The molecular weight excluding hydrogens is 240 g/mol. The number of aromatic carboxylic acids is 1. The zero-order valence-electron chi connectivity index (χ0n) is 9.95. The molecule has 0 spiro atoms. The zero-order chi connectivity index (χ0) is 13.7. The van der Waals surface area contributed by atoms with Gasteiger partial charge in [0, 0.05) is 6.21 Å². The molecule has 0 aliphatic heterocycles. The van der Waals surface area contributed by atoms with Crippen molar-refractivity contribution in [3.05, 3.63) is 71.1 Å². The summed E-state index contributed by atoms with van der Waals surface area (Å²) in [5, 5.41) is 8.77. The summed E-state index contributed by atoms with van der Waals surface area (Å²) >= 11 is 0. The molecule has 0 amide bonds. The Balaban J connectivity index is 2.13. The average molecular weight is 250 g/mol. The fourth-order valence-electron chi connectivity index (χ4n) is 1.47. The van der Waals surface area contributed by atoms with Crippen molar-refractivity contribution < 1.29 is 9.90 Å². The normalized spacial score (nSPS) is 10.3. The summed E-state index contributed by atoms with van der Waals surface area (Å²) in [6.07, 6.45) is 1.67. The second kappa shape index (κ2) is 5.61. The Labute approximate surface area is 110 Å². The molecule has 0 fully saturated rings. The molecular formula is C15H10N2O2. The van der Waals surface area contributed by atoms with Crippen LogP contribution in [0.1, 0.15) is 15.9 Å². The Morgan fingerprint density at radius 3 is 2.26 bits per heavy atom. The number of nitrogens with zero attached hydrogens (tertiary/aromatic N) is 2. The van der Waals surface area contributed by atoms with E-state index in [1.54, 1.807) is 30.5 Å². The molecule has 0 saturated heterocycles. The van der Waals surface area contributed by atoms with Gasteiger partial charge in [0.15, 0.2) is 5.69 Å². The van der Waals surface area contributed by atoms with Gasteiger partial charge in [0.2, 0.25) is 0 Å². The molecule has 0 atom stereocenters. The van der Waals surface area contributed by atoms with Gasteiger partial charge in [-0.25, -0.2) is 9.64 Å². The largest absolute Gasteiger partial charge is 0.478 e. The van der Waals surface area contributed by atoms with Crippen LogP contribution in [-0.4, -0.2) is 17.3 Å². The van der Waals surface area contributed by atoms with E-state index < -0.39 is 5.97 Å². The number of carboxylic acids is 1. The Kier molecular flexibility index (Phi) is 3.70. The molecule has 0 heterocycles. The van der Waals surface area contributed by atoms with Crippen molar-refractivity contribution in [2.45, 2.75) is 0 Å². The topological polar surface area (TPSA) is 54.0 Å². The van der Waals surface area contributed by atoms with Gasteiger partial charge in [0.1, 0.15) is 0 Å². The summed E-state index contributed by atoms with van der Waals surface area (Å²) in [6, 6.07) is 13.4. The zero-order valence-corrected chi connectivity index (χ0v) is 9.95. The Bertz CT molecular complexity index is 650. The van der Waals surface area contributed by atoms with E-state index in [-0.39, 0.29) is 5.56 Å². The molecule has 0 aliphatic carbocycles. The summed E-state index contributed by atoms with van der Waals surface area (Å²) in [5.74, 6) is -0.953. The third kappa shape index (κ3) is 3.27. The summed E-state index contributed by atoms with van der Waals surface area (Å²) in [4.78, 5) is 18.2. The molecule has 0 unspecified atom stereocenters. The molecule has 0 bridgehead atoms. The van der Waals surface area contributed by atoms with Crippen LogP contribution in [0.4, 0.5) is 11.4 Å². The van der Waals surface area contributed by atoms with Gasteiger partial charge >= 0.3 is 5.97 Å². The van der Waals surface area contributed by atoms with E-state index in [2.05, 4.69) is 9.84 Å². The smallest absolute Gasteiger partial charge is 0.335 e. The van der Waals surface area contributed by atoms with E-state index >= 15 is 0 Å². The lowest BCUT2D eigenvalue weighted by Gasteiger charge is -1.96. The maximum atomic E-state index is 10.7. The van der Waals surface area contributed by atoms with Crippen LogP contribution >= 0.6 is 0 Å². The number of rotatable bonds is 3. The van der Waals surface area contributed by atoms with E-state index in [4.69, 9.17) is 11.7 Å². The van der Waals surface area contributed by atoms with Crippen molar-refractivity contribution in [1.82, 2.24) is 0 Å². The van der Waals surface area contributed by atoms with Crippen LogP contribution in [0.2, 0.25) is 0 Å². The van der Waals surface area contributed by atoms with Crippen LogP contribution in [0.5, 0.6) is 0 Å². The number of hydrogen-bond donors (Lipinski definition) is 1. The highest BCUT2D eigenvalue weighted by Crippen LogP contribution is 2.15. The van der Waals surface area contributed by atoms with Crippen molar-refractivity contribution in [1.29, 1.82) is 0 Å². The first-order valence-corrected chi connectivity index (χ1v) is 5.54. The third-order valence-electron chi connectivity index (χ3n) is 2.50. The molecule has 1 N–H and O–H groups in total. The van der Waals surface area contributed by atoms with E-state index in [0.717, 1.165) is 5.56 Å². The lowest BCUT2D eigenvalue weighted by Crippen LogP contribution is -1.94. The third-order valence-corrected chi connectivity index (χ3v) is 2.50. The monoisotopic (exact) mass is 250 g/mol. The first-order chi connectivity index (χ1) is 9.19. The van der Waals surface area contributed by atoms with Gasteiger partial charge in [-0.1, -0.05) is 24.3 Å². The minimum Gasteiger partial charge on any atom is -0.478 e. The van der Waals surface area contributed by atoms with Crippen LogP contribution in [0.25, 0.3) is 4.85 Å². The summed E-state index contributed by atoms with van der Waals surface area (Å²) in [7, 11) is 0. The van der Waals surface area contributed by atoms with Gasteiger partial charge in [-0.2, -0.15) is 0 Å². The predicted molar refractivity (Wildman–Crippen MR) is 73.4 cm³/mol. The Hall–Kier alpha value is -2.93. The molecule has 0 radical (unpaired) electrons. The number of benzene rings is 2. The quantitative estimate of drug-likeness (QED) is 0.667. The summed E-state index contributed by atoms with van der Waals surface area (Å²) < 4.78 is 0. The SMILES string of the molecule is [C-]#[N+]c1ccc(C=Nc2ccc(C(=O)O)cc2)cc1. The van der Waals surface area contributed by atoms with Crippen LogP contribution in [0, 0.1) is 6.57 Å². The molecule has 92 valence electrons. The van der Waals surface area contributed by atoms with E-state index in [0.29, 0.717) is 11.4 Å². The Morgan fingerprint density at radius 2 is 1.74 bits per heavy atom. The van der Waals surface area contributed by atoms with Gasteiger partial charge in [0.25, 0.3) is 0 Å².